The molecule has 0 saturated heterocycles. The van der Waals surface area contributed by atoms with Crippen LogP contribution in [0.25, 0.3) is 0 Å². The predicted molar refractivity (Wildman–Crippen MR) is 119 cm³/mol. The Morgan fingerprint density at radius 1 is 1.20 bits per heavy atom. The number of thioether (sulfide) groups is 2. The molecule has 0 aliphatic heterocycles. The summed E-state index contributed by atoms with van der Waals surface area (Å²) < 4.78 is 6.34. The van der Waals surface area contributed by atoms with Gasteiger partial charge in [-0.25, -0.2) is 0 Å². The van der Waals surface area contributed by atoms with Crippen molar-refractivity contribution in [3.63, 3.8) is 0 Å². The maximum atomic E-state index is 12.9. The molecular formula is C19H21N5O3S3. The maximum Gasteiger partial charge on any atom is 0.243 e. The molecule has 30 heavy (non-hydrogen) atoms. The zero-order valence-electron chi connectivity index (χ0n) is 16.5. The summed E-state index contributed by atoms with van der Waals surface area (Å²) in [4.78, 5) is 24.7. The van der Waals surface area contributed by atoms with E-state index in [0.717, 1.165) is 12.0 Å². The van der Waals surface area contributed by atoms with Crippen LogP contribution in [0.15, 0.2) is 49.6 Å². The van der Waals surface area contributed by atoms with Gasteiger partial charge in [0.25, 0.3) is 0 Å². The number of aryl methyl sites for hydroxylation is 1. The summed E-state index contributed by atoms with van der Waals surface area (Å²) in [6.07, 6.45) is 0.896. The molecule has 0 bridgehead atoms. The van der Waals surface area contributed by atoms with Crippen molar-refractivity contribution in [1.29, 1.82) is 0 Å². The molecule has 3 rings (SSSR count). The van der Waals surface area contributed by atoms with E-state index < -0.39 is 5.25 Å². The van der Waals surface area contributed by atoms with Crippen LogP contribution in [0, 0.1) is 6.92 Å². The van der Waals surface area contributed by atoms with Crippen LogP contribution >= 0.6 is 34.9 Å². The Kier molecular flexibility index (Phi) is 8.29. The maximum absolute atomic E-state index is 12.9. The summed E-state index contributed by atoms with van der Waals surface area (Å²) in [5.41, 5.74) is 0.837. The van der Waals surface area contributed by atoms with Gasteiger partial charge in [-0.2, -0.15) is 0 Å². The lowest BCUT2D eigenvalue weighted by Gasteiger charge is -2.14. The van der Waals surface area contributed by atoms with Crippen molar-refractivity contribution in [2.75, 3.05) is 17.6 Å². The van der Waals surface area contributed by atoms with Crippen LogP contribution in [0.4, 0.5) is 5.82 Å². The Hall–Kier alpha value is -2.37. The van der Waals surface area contributed by atoms with E-state index in [4.69, 9.17) is 4.52 Å². The van der Waals surface area contributed by atoms with Gasteiger partial charge >= 0.3 is 0 Å². The number of hydrogen-bond acceptors (Lipinski definition) is 9. The molecule has 2 heterocycles. The van der Waals surface area contributed by atoms with Crippen molar-refractivity contribution in [2.24, 2.45) is 0 Å². The van der Waals surface area contributed by atoms with Gasteiger partial charge in [0.1, 0.15) is 11.0 Å². The minimum Gasteiger partial charge on any atom is -0.360 e. The lowest BCUT2D eigenvalue weighted by Crippen LogP contribution is -2.25. The Bertz CT molecular complexity index is 977. The topological polar surface area (TPSA) is 110 Å². The third-order valence-electron chi connectivity index (χ3n) is 3.73. The van der Waals surface area contributed by atoms with E-state index in [1.807, 2.05) is 37.3 Å². The molecule has 1 aromatic carbocycles. The van der Waals surface area contributed by atoms with Crippen LogP contribution < -0.4 is 10.6 Å². The number of amides is 2. The third kappa shape index (κ3) is 6.57. The molecule has 1 unspecified atom stereocenters. The molecule has 1 atom stereocenters. The van der Waals surface area contributed by atoms with Crippen LogP contribution in [-0.2, 0) is 9.59 Å². The van der Waals surface area contributed by atoms with Crippen molar-refractivity contribution >= 4 is 52.5 Å². The van der Waals surface area contributed by atoms with Gasteiger partial charge < -0.3 is 15.2 Å². The number of carbonyl (C=O) groups is 2. The van der Waals surface area contributed by atoms with Gasteiger partial charge in [0.05, 0.1) is 5.75 Å². The predicted octanol–water partition coefficient (Wildman–Crippen LogP) is 3.92. The van der Waals surface area contributed by atoms with Gasteiger partial charge in [-0.15, -0.1) is 10.2 Å². The molecule has 158 valence electrons. The second kappa shape index (κ2) is 11.1. The highest BCUT2D eigenvalue weighted by atomic mass is 32.2. The molecule has 2 aromatic heterocycles. The monoisotopic (exact) mass is 463 g/mol. The number of rotatable bonds is 10. The Morgan fingerprint density at radius 3 is 2.67 bits per heavy atom. The van der Waals surface area contributed by atoms with Crippen LogP contribution in [-0.4, -0.2) is 39.5 Å². The highest BCUT2D eigenvalue weighted by molar-refractivity contribution is 8.04. The standard InChI is InChI=1S/C19H21N5O3S3/c1-3-9-20-15(25)11-28-18-22-23-19(30-18)29-16(13-7-5-4-6-8-13)17(26)21-14-10-12(2)27-24-14/h4-8,10,16H,3,9,11H2,1-2H3,(H,20,25)(H,21,24,26). The molecule has 11 heteroatoms. The zero-order chi connectivity index (χ0) is 21.3. The molecule has 8 nitrogen and oxygen atoms in total. The highest BCUT2D eigenvalue weighted by Gasteiger charge is 2.25. The first-order valence-corrected chi connectivity index (χ1v) is 11.9. The van der Waals surface area contributed by atoms with E-state index in [0.29, 0.717) is 26.8 Å². The highest BCUT2D eigenvalue weighted by Crippen LogP contribution is 2.39. The van der Waals surface area contributed by atoms with Crippen LogP contribution in [0.1, 0.15) is 29.9 Å². The molecule has 0 spiro atoms. The molecule has 0 fully saturated rings. The summed E-state index contributed by atoms with van der Waals surface area (Å²) in [5, 5.41) is 17.2. The number of benzene rings is 1. The van der Waals surface area contributed by atoms with Crippen LogP contribution in [0.2, 0.25) is 0 Å². The number of carbonyl (C=O) groups excluding carboxylic acids is 2. The van der Waals surface area contributed by atoms with E-state index in [9.17, 15) is 9.59 Å². The van der Waals surface area contributed by atoms with E-state index >= 15 is 0 Å². The fourth-order valence-corrected chi connectivity index (χ4v) is 5.41. The van der Waals surface area contributed by atoms with Crippen molar-refractivity contribution in [3.8, 4) is 0 Å². The summed E-state index contributed by atoms with van der Waals surface area (Å²) in [6, 6.07) is 11.1. The summed E-state index contributed by atoms with van der Waals surface area (Å²) in [5.74, 6) is 1.00. The van der Waals surface area contributed by atoms with Gasteiger partial charge in [-0.3, -0.25) is 9.59 Å². The van der Waals surface area contributed by atoms with Gasteiger partial charge in [-0.1, -0.05) is 77.3 Å². The SMILES string of the molecule is CCCNC(=O)CSc1nnc(SC(C(=O)Nc2cc(C)on2)c2ccccc2)s1. The lowest BCUT2D eigenvalue weighted by molar-refractivity contribution is -0.118. The van der Waals surface area contributed by atoms with Crippen molar-refractivity contribution in [3.05, 3.63) is 47.7 Å². The van der Waals surface area contributed by atoms with Crippen LogP contribution in [0.3, 0.4) is 0 Å². The molecule has 2 N–H and O–H groups in total. The molecule has 0 radical (unpaired) electrons. The third-order valence-corrected chi connectivity index (χ3v) is 7.12. The van der Waals surface area contributed by atoms with Crippen LogP contribution in [0.5, 0.6) is 0 Å². The second-order valence-electron chi connectivity index (χ2n) is 6.19. The average Bonchev–Trinajstić information content (AvgIpc) is 3.38. The van der Waals surface area contributed by atoms with Crippen molar-refractivity contribution in [2.45, 2.75) is 34.2 Å². The normalized spacial score (nSPS) is 11.8. The van der Waals surface area contributed by atoms with Gasteiger partial charge in [0, 0.05) is 12.6 Å². The number of nitrogens with one attached hydrogen (secondary N) is 2. The fourth-order valence-electron chi connectivity index (χ4n) is 2.36. The Balaban J connectivity index is 1.67. The first kappa shape index (κ1) is 22.3. The number of nitrogens with zero attached hydrogens (tertiary/aromatic N) is 3. The van der Waals surface area contributed by atoms with E-state index in [1.54, 1.807) is 13.0 Å². The van der Waals surface area contributed by atoms with Gasteiger partial charge in [0.2, 0.25) is 11.8 Å². The minimum atomic E-state index is -0.540. The first-order valence-electron chi connectivity index (χ1n) is 9.24. The van der Waals surface area contributed by atoms with E-state index in [1.165, 1.54) is 34.9 Å². The second-order valence-corrected chi connectivity index (χ2v) is 9.75. The Labute approximate surface area is 186 Å². The summed E-state index contributed by atoms with van der Waals surface area (Å²) >= 11 is 4.00. The summed E-state index contributed by atoms with van der Waals surface area (Å²) in [6.45, 7) is 4.43. The van der Waals surface area contributed by atoms with Crippen molar-refractivity contribution < 1.29 is 14.1 Å². The molecular weight excluding hydrogens is 442 g/mol. The van der Waals surface area contributed by atoms with E-state index in [2.05, 4.69) is 26.0 Å². The number of hydrogen-bond donors (Lipinski definition) is 2. The largest absolute Gasteiger partial charge is 0.360 e. The molecule has 0 aliphatic carbocycles. The first-order chi connectivity index (χ1) is 14.5. The fraction of sp³-hybridized carbons (Fsp3) is 0.316. The molecule has 0 aliphatic rings. The molecule has 3 aromatic rings. The smallest absolute Gasteiger partial charge is 0.243 e. The number of anilines is 1. The van der Waals surface area contributed by atoms with Crippen molar-refractivity contribution in [1.82, 2.24) is 20.7 Å². The Morgan fingerprint density at radius 2 is 1.97 bits per heavy atom. The molecule has 2 amide bonds. The minimum absolute atomic E-state index is 0.0318. The quantitative estimate of drug-likeness (QED) is 0.435. The summed E-state index contributed by atoms with van der Waals surface area (Å²) in [7, 11) is 0. The zero-order valence-corrected chi connectivity index (χ0v) is 18.9. The number of aromatic nitrogens is 3. The molecule has 0 saturated carbocycles. The van der Waals surface area contributed by atoms with Gasteiger partial charge in [0.15, 0.2) is 14.5 Å². The van der Waals surface area contributed by atoms with E-state index in [-0.39, 0.29) is 17.6 Å². The lowest BCUT2D eigenvalue weighted by atomic mass is 10.1. The average molecular weight is 464 g/mol. The van der Waals surface area contributed by atoms with Gasteiger partial charge in [-0.05, 0) is 18.9 Å².